The van der Waals surface area contributed by atoms with Crippen LogP contribution in [0.4, 0.5) is 0 Å². The lowest BCUT2D eigenvalue weighted by molar-refractivity contribution is 0.151. The van der Waals surface area contributed by atoms with E-state index in [0.717, 1.165) is 13.1 Å². The second-order valence-electron chi connectivity index (χ2n) is 2.32. The minimum atomic E-state index is 0.465. The van der Waals surface area contributed by atoms with Crippen LogP contribution in [0, 0.1) is 0 Å². The molecule has 2 N–H and O–H groups in total. The van der Waals surface area contributed by atoms with Crippen molar-refractivity contribution in [1.82, 2.24) is 5.01 Å². The van der Waals surface area contributed by atoms with Gasteiger partial charge in [0, 0.05) is 16.5 Å². The molecule has 0 spiro atoms. The van der Waals surface area contributed by atoms with Gasteiger partial charge in [0.15, 0.2) is 0 Å². The maximum atomic E-state index is 5.38. The van der Waals surface area contributed by atoms with Gasteiger partial charge in [-0.15, -0.1) is 0 Å². The third-order valence-corrected chi connectivity index (χ3v) is 1.75. The zero-order chi connectivity index (χ0) is 5.49. The Morgan fingerprint density at radius 2 is 2.14 bits per heavy atom. The summed E-state index contributed by atoms with van der Waals surface area (Å²) in [5.74, 6) is 5.38. The smallest absolute Gasteiger partial charge is 0.0475 e. The summed E-state index contributed by atoms with van der Waals surface area (Å²) in [6, 6.07) is 0. The molecule has 0 unspecified atom stereocenters. The standard InChI is InChI=1S/C4H9IN2/c1-4(5)2-7(6)3-4/h2-3,6H2,1H3. The first-order valence-corrected chi connectivity index (χ1v) is 3.37. The van der Waals surface area contributed by atoms with E-state index in [1.807, 2.05) is 5.01 Å². The normalized spacial score (nSPS) is 29.6. The van der Waals surface area contributed by atoms with Crippen molar-refractivity contribution >= 4 is 22.6 Å². The molecular formula is C4H9IN2. The average Bonchev–Trinajstić information content (AvgIpc) is 1.27. The van der Waals surface area contributed by atoms with Crippen LogP contribution in [-0.2, 0) is 0 Å². The molecule has 0 bridgehead atoms. The molecule has 1 aliphatic rings. The predicted octanol–water partition coefficient (Wildman–Crippen LogP) is 0.369. The maximum absolute atomic E-state index is 5.38. The van der Waals surface area contributed by atoms with Gasteiger partial charge in [0.1, 0.15) is 0 Å². The quantitative estimate of drug-likeness (QED) is 0.357. The lowest BCUT2D eigenvalue weighted by atomic mass is 10.1. The van der Waals surface area contributed by atoms with E-state index in [1.165, 1.54) is 0 Å². The van der Waals surface area contributed by atoms with E-state index >= 15 is 0 Å². The molecule has 0 amide bonds. The molecule has 0 saturated carbocycles. The summed E-state index contributed by atoms with van der Waals surface area (Å²) in [5.41, 5.74) is 0. The van der Waals surface area contributed by atoms with Crippen molar-refractivity contribution in [3.05, 3.63) is 0 Å². The first-order valence-electron chi connectivity index (χ1n) is 2.29. The topological polar surface area (TPSA) is 29.3 Å². The highest BCUT2D eigenvalue weighted by molar-refractivity contribution is 14.1. The Labute approximate surface area is 57.2 Å². The number of alkyl halides is 1. The maximum Gasteiger partial charge on any atom is 0.0475 e. The predicted molar refractivity (Wildman–Crippen MR) is 38.2 cm³/mol. The van der Waals surface area contributed by atoms with Gasteiger partial charge >= 0.3 is 0 Å². The van der Waals surface area contributed by atoms with E-state index < -0.39 is 0 Å². The van der Waals surface area contributed by atoms with Crippen LogP contribution in [-0.4, -0.2) is 21.5 Å². The van der Waals surface area contributed by atoms with Crippen LogP contribution >= 0.6 is 22.6 Å². The summed E-state index contributed by atoms with van der Waals surface area (Å²) in [5, 5.41) is 1.83. The van der Waals surface area contributed by atoms with Crippen LogP contribution in [0.5, 0.6) is 0 Å². The van der Waals surface area contributed by atoms with E-state index in [9.17, 15) is 0 Å². The third-order valence-electron chi connectivity index (χ3n) is 1.07. The molecule has 0 aliphatic carbocycles. The fourth-order valence-electron chi connectivity index (χ4n) is 0.801. The fraction of sp³-hybridized carbons (Fsp3) is 1.00. The van der Waals surface area contributed by atoms with Crippen molar-refractivity contribution in [1.29, 1.82) is 0 Å². The van der Waals surface area contributed by atoms with Gasteiger partial charge in [0.2, 0.25) is 0 Å². The molecule has 0 atom stereocenters. The van der Waals surface area contributed by atoms with Gasteiger partial charge in [-0.1, -0.05) is 22.6 Å². The SMILES string of the molecule is CC1(I)CN(N)C1. The molecule has 2 nitrogen and oxygen atoms in total. The Bertz CT molecular complexity index is 73.8. The van der Waals surface area contributed by atoms with Gasteiger partial charge in [0.05, 0.1) is 0 Å². The molecule has 0 radical (unpaired) electrons. The van der Waals surface area contributed by atoms with Crippen molar-refractivity contribution < 1.29 is 0 Å². The second kappa shape index (κ2) is 1.56. The Morgan fingerprint density at radius 3 is 2.14 bits per heavy atom. The highest BCUT2D eigenvalue weighted by Crippen LogP contribution is 2.26. The highest BCUT2D eigenvalue weighted by Gasteiger charge is 2.33. The Balaban J connectivity index is 2.29. The molecule has 7 heavy (non-hydrogen) atoms. The van der Waals surface area contributed by atoms with Crippen LogP contribution in [0.15, 0.2) is 0 Å². The zero-order valence-electron chi connectivity index (χ0n) is 4.32. The third kappa shape index (κ3) is 1.27. The monoisotopic (exact) mass is 212 g/mol. The number of nitrogens with zero attached hydrogens (tertiary/aromatic N) is 1. The fourth-order valence-corrected chi connectivity index (χ4v) is 1.68. The number of hydrogen-bond donors (Lipinski definition) is 1. The summed E-state index contributed by atoms with van der Waals surface area (Å²) in [4.78, 5) is 0. The molecule has 1 aliphatic heterocycles. The molecule has 1 saturated heterocycles. The van der Waals surface area contributed by atoms with Crippen LogP contribution in [0.2, 0.25) is 0 Å². The summed E-state index contributed by atoms with van der Waals surface area (Å²) in [7, 11) is 0. The summed E-state index contributed by atoms with van der Waals surface area (Å²) in [6.45, 7) is 4.28. The molecule has 42 valence electrons. The minimum Gasteiger partial charge on any atom is -0.269 e. The number of nitrogens with two attached hydrogens (primary N) is 1. The van der Waals surface area contributed by atoms with Gasteiger partial charge < -0.3 is 0 Å². The summed E-state index contributed by atoms with van der Waals surface area (Å²) in [6.07, 6.45) is 0. The van der Waals surface area contributed by atoms with Gasteiger partial charge in [-0.3, -0.25) is 5.84 Å². The van der Waals surface area contributed by atoms with Gasteiger partial charge in [-0.25, -0.2) is 5.01 Å². The molecular weight excluding hydrogens is 203 g/mol. The van der Waals surface area contributed by atoms with Crippen LogP contribution < -0.4 is 5.84 Å². The van der Waals surface area contributed by atoms with Crippen molar-refractivity contribution in [2.75, 3.05) is 13.1 Å². The lowest BCUT2D eigenvalue weighted by Gasteiger charge is -2.40. The van der Waals surface area contributed by atoms with Crippen LogP contribution in [0.1, 0.15) is 6.92 Å². The Hall–Kier alpha value is 0.650. The van der Waals surface area contributed by atoms with Gasteiger partial charge in [-0.2, -0.15) is 0 Å². The number of hydrogen-bond acceptors (Lipinski definition) is 2. The van der Waals surface area contributed by atoms with E-state index in [0.29, 0.717) is 3.42 Å². The van der Waals surface area contributed by atoms with E-state index in [1.54, 1.807) is 0 Å². The first-order chi connectivity index (χ1) is 3.10. The number of rotatable bonds is 0. The Kier molecular flexibility index (Phi) is 1.29. The summed E-state index contributed by atoms with van der Waals surface area (Å²) >= 11 is 2.42. The molecule has 1 heterocycles. The molecule has 1 rings (SSSR count). The molecule has 0 aromatic heterocycles. The largest absolute Gasteiger partial charge is 0.269 e. The minimum absolute atomic E-state index is 0.465. The van der Waals surface area contributed by atoms with E-state index in [-0.39, 0.29) is 0 Å². The Morgan fingerprint density at radius 1 is 1.71 bits per heavy atom. The second-order valence-corrected chi connectivity index (χ2v) is 4.92. The van der Waals surface area contributed by atoms with E-state index in [2.05, 4.69) is 29.5 Å². The molecule has 0 aromatic rings. The zero-order valence-corrected chi connectivity index (χ0v) is 6.47. The van der Waals surface area contributed by atoms with Crippen LogP contribution in [0.3, 0.4) is 0 Å². The van der Waals surface area contributed by atoms with Crippen molar-refractivity contribution in [3.63, 3.8) is 0 Å². The highest BCUT2D eigenvalue weighted by atomic mass is 127. The lowest BCUT2D eigenvalue weighted by Crippen LogP contribution is -2.59. The molecule has 0 aromatic carbocycles. The van der Waals surface area contributed by atoms with Gasteiger partial charge in [-0.05, 0) is 6.92 Å². The average molecular weight is 212 g/mol. The number of halogens is 1. The van der Waals surface area contributed by atoms with E-state index in [4.69, 9.17) is 5.84 Å². The van der Waals surface area contributed by atoms with Crippen LogP contribution in [0.25, 0.3) is 0 Å². The van der Waals surface area contributed by atoms with Crippen molar-refractivity contribution in [2.24, 2.45) is 5.84 Å². The van der Waals surface area contributed by atoms with Crippen molar-refractivity contribution in [2.45, 2.75) is 10.3 Å². The number of hydrazine groups is 1. The first kappa shape index (κ1) is 5.78. The van der Waals surface area contributed by atoms with Gasteiger partial charge in [0.25, 0.3) is 0 Å². The molecule has 3 heteroatoms. The summed E-state index contributed by atoms with van der Waals surface area (Å²) < 4.78 is 0.465. The van der Waals surface area contributed by atoms with Crippen molar-refractivity contribution in [3.8, 4) is 0 Å². The molecule has 1 fully saturated rings.